The number of aliphatic hydroxyl groups excluding tert-OH is 1. The topological polar surface area (TPSA) is 145 Å². The van der Waals surface area contributed by atoms with Crippen molar-refractivity contribution in [3.05, 3.63) is 20.9 Å². The smallest absolute Gasteiger partial charge is 0.190 e. The number of rotatable bonds is 3. The molecule has 5 atom stereocenters. The second-order valence-electron chi connectivity index (χ2n) is 4.74. The van der Waals surface area contributed by atoms with E-state index in [2.05, 4.69) is 20.1 Å². The number of hydrogen-bond acceptors (Lipinski definition) is 6. The molecule has 0 spiro atoms. The van der Waals surface area contributed by atoms with Crippen LogP contribution in [-0.4, -0.2) is 48.1 Å². The average Bonchev–Trinajstić information content (AvgIpc) is 2.66. The van der Waals surface area contributed by atoms with Gasteiger partial charge in [0.05, 0.1) is 24.8 Å². The van der Waals surface area contributed by atoms with Crippen molar-refractivity contribution in [2.45, 2.75) is 50.3 Å². The van der Waals surface area contributed by atoms with Gasteiger partial charge in [-0.2, -0.15) is 0 Å². The van der Waals surface area contributed by atoms with E-state index in [-0.39, 0.29) is 6.54 Å². The van der Waals surface area contributed by atoms with Crippen LogP contribution in [-0.2, 0) is 14.2 Å². The first-order valence-electron chi connectivity index (χ1n) is 5.73. The minimum absolute atomic E-state index is 0.0652. The van der Waals surface area contributed by atoms with Crippen LogP contribution >= 0.6 is 0 Å². The predicted molar refractivity (Wildman–Crippen MR) is 61.7 cm³/mol. The highest BCUT2D eigenvalue weighted by atomic mass is 16.8. The Morgan fingerprint density at radius 3 is 2.63 bits per heavy atom. The van der Waals surface area contributed by atoms with Crippen molar-refractivity contribution in [2.24, 2.45) is 10.2 Å². The Balaban J connectivity index is 2.22. The van der Waals surface area contributed by atoms with Crippen molar-refractivity contribution < 1.29 is 19.3 Å². The van der Waals surface area contributed by atoms with Crippen LogP contribution in [0.1, 0.15) is 13.8 Å². The van der Waals surface area contributed by atoms with Crippen LogP contribution < -0.4 is 0 Å². The van der Waals surface area contributed by atoms with Gasteiger partial charge in [-0.05, 0) is 24.9 Å². The Hall–Kier alpha value is -1.54. The van der Waals surface area contributed by atoms with Crippen LogP contribution in [0.15, 0.2) is 10.2 Å². The van der Waals surface area contributed by atoms with Gasteiger partial charge in [-0.25, -0.2) is 0 Å². The lowest BCUT2D eigenvalue weighted by Crippen LogP contribution is -2.56. The fourth-order valence-electron chi connectivity index (χ4n) is 2.23. The highest BCUT2D eigenvalue weighted by Crippen LogP contribution is 2.37. The summed E-state index contributed by atoms with van der Waals surface area (Å²) in [5.41, 5.74) is 16.9. The van der Waals surface area contributed by atoms with E-state index in [0.717, 1.165) is 0 Å². The van der Waals surface area contributed by atoms with Gasteiger partial charge in [-0.3, -0.25) is 0 Å². The predicted octanol–water partition coefficient (Wildman–Crippen LogP) is 1.21. The first-order valence-corrected chi connectivity index (χ1v) is 5.73. The number of hydrogen-bond donors (Lipinski definition) is 1. The summed E-state index contributed by atoms with van der Waals surface area (Å²) < 4.78 is 16.5. The number of fused-ring (bicyclic) bond motifs is 1. The molecule has 0 bridgehead atoms. The SMILES string of the molecule is CC1(C)O[C@@H]2O[C@H](CN=[N+]=[N-])[C@H](N=[N+]=[N-])[C@@H](O)[C@@H]2O1. The zero-order chi connectivity index (χ0) is 14.0. The molecule has 2 heterocycles. The summed E-state index contributed by atoms with van der Waals surface area (Å²) in [6.45, 7) is 3.31. The highest BCUT2D eigenvalue weighted by Gasteiger charge is 2.53. The second kappa shape index (κ2) is 5.22. The highest BCUT2D eigenvalue weighted by molar-refractivity contribution is 4.98. The molecule has 2 saturated heterocycles. The number of nitrogens with zero attached hydrogens (tertiary/aromatic N) is 6. The van der Waals surface area contributed by atoms with E-state index in [0.29, 0.717) is 0 Å². The Kier molecular flexibility index (Phi) is 3.81. The van der Waals surface area contributed by atoms with Crippen LogP contribution in [0.4, 0.5) is 0 Å². The maximum atomic E-state index is 10.2. The molecule has 2 aliphatic heterocycles. The number of aliphatic hydroxyl groups is 1. The molecule has 1 N–H and O–H groups in total. The molecule has 0 amide bonds. The maximum Gasteiger partial charge on any atom is 0.190 e. The molecule has 2 rings (SSSR count). The minimum atomic E-state index is -1.09. The molecule has 19 heavy (non-hydrogen) atoms. The Bertz CT molecular complexity index is 444. The van der Waals surface area contributed by atoms with E-state index in [1.807, 2.05) is 0 Å². The third-order valence-electron chi connectivity index (χ3n) is 2.97. The molecule has 0 aromatic heterocycles. The van der Waals surface area contributed by atoms with Gasteiger partial charge in [-0.1, -0.05) is 10.2 Å². The van der Waals surface area contributed by atoms with E-state index < -0.39 is 36.4 Å². The van der Waals surface area contributed by atoms with Crippen LogP contribution in [0.25, 0.3) is 20.9 Å². The Morgan fingerprint density at radius 2 is 2.00 bits per heavy atom. The van der Waals surface area contributed by atoms with Gasteiger partial charge < -0.3 is 19.3 Å². The van der Waals surface area contributed by atoms with Gasteiger partial charge in [-0.15, -0.1) is 0 Å². The van der Waals surface area contributed by atoms with Crippen molar-refractivity contribution in [1.82, 2.24) is 0 Å². The summed E-state index contributed by atoms with van der Waals surface area (Å²) in [5, 5.41) is 17.1. The molecule has 104 valence electrons. The number of azide groups is 2. The van der Waals surface area contributed by atoms with Crippen molar-refractivity contribution >= 4 is 0 Å². The molecular formula is C9H14N6O4. The lowest BCUT2D eigenvalue weighted by Gasteiger charge is -2.37. The van der Waals surface area contributed by atoms with E-state index in [4.69, 9.17) is 25.3 Å². The first-order chi connectivity index (χ1) is 8.98. The van der Waals surface area contributed by atoms with Gasteiger partial charge in [0.15, 0.2) is 12.1 Å². The molecule has 10 nitrogen and oxygen atoms in total. The molecule has 0 saturated carbocycles. The fourth-order valence-corrected chi connectivity index (χ4v) is 2.23. The molecule has 0 unspecified atom stereocenters. The van der Waals surface area contributed by atoms with Crippen molar-refractivity contribution in [1.29, 1.82) is 0 Å². The van der Waals surface area contributed by atoms with Gasteiger partial charge in [0.2, 0.25) is 0 Å². The van der Waals surface area contributed by atoms with Gasteiger partial charge >= 0.3 is 0 Å². The third kappa shape index (κ3) is 2.74. The average molecular weight is 270 g/mol. The largest absolute Gasteiger partial charge is 0.390 e. The normalized spacial score (nSPS) is 39.8. The summed E-state index contributed by atoms with van der Waals surface area (Å²) in [7, 11) is 0. The van der Waals surface area contributed by atoms with Crippen LogP contribution in [0.2, 0.25) is 0 Å². The zero-order valence-electron chi connectivity index (χ0n) is 10.4. The standard InChI is InChI=1S/C9H14N6O4/c1-9(2)18-7-6(16)5(13-15-11)4(3-12-14-10)17-8(7)19-9/h4-8,16H,3H2,1-2H3/t4-,5+,6-,7+,8+/m1/s1. The van der Waals surface area contributed by atoms with E-state index in [9.17, 15) is 5.11 Å². The zero-order valence-corrected chi connectivity index (χ0v) is 10.4. The van der Waals surface area contributed by atoms with E-state index in [1.54, 1.807) is 13.8 Å². The van der Waals surface area contributed by atoms with Gasteiger partial charge in [0.25, 0.3) is 0 Å². The van der Waals surface area contributed by atoms with Crippen molar-refractivity contribution in [2.75, 3.05) is 6.54 Å². The van der Waals surface area contributed by atoms with Crippen molar-refractivity contribution in [3.63, 3.8) is 0 Å². The minimum Gasteiger partial charge on any atom is -0.390 e. The van der Waals surface area contributed by atoms with E-state index in [1.165, 1.54) is 0 Å². The monoisotopic (exact) mass is 270 g/mol. The van der Waals surface area contributed by atoms with Crippen LogP contribution in [0.5, 0.6) is 0 Å². The fraction of sp³-hybridized carbons (Fsp3) is 1.00. The summed E-state index contributed by atoms with van der Waals surface area (Å²) in [5.74, 6) is -0.898. The number of ether oxygens (including phenoxy) is 3. The molecule has 0 aliphatic carbocycles. The summed E-state index contributed by atoms with van der Waals surface area (Å²) in [4.78, 5) is 5.29. The molecule has 0 radical (unpaired) electrons. The van der Waals surface area contributed by atoms with Crippen LogP contribution in [0.3, 0.4) is 0 Å². The van der Waals surface area contributed by atoms with Gasteiger partial charge in [0.1, 0.15) is 6.10 Å². The second-order valence-corrected chi connectivity index (χ2v) is 4.74. The van der Waals surface area contributed by atoms with Crippen molar-refractivity contribution in [3.8, 4) is 0 Å². The Labute approximate surface area is 108 Å². The molecular weight excluding hydrogens is 256 g/mol. The molecule has 0 aromatic carbocycles. The quantitative estimate of drug-likeness (QED) is 0.466. The van der Waals surface area contributed by atoms with E-state index >= 15 is 0 Å². The molecule has 2 aliphatic rings. The van der Waals surface area contributed by atoms with Gasteiger partial charge in [0, 0.05) is 9.82 Å². The molecule has 0 aromatic rings. The summed E-state index contributed by atoms with van der Waals surface area (Å²) in [6, 6.07) is -0.894. The summed E-state index contributed by atoms with van der Waals surface area (Å²) in [6.07, 6.45) is -3.36. The van der Waals surface area contributed by atoms with Crippen LogP contribution in [0, 0.1) is 0 Å². The Morgan fingerprint density at radius 1 is 1.26 bits per heavy atom. The third-order valence-corrected chi connectivity index (χ3v) is 2.97. The molecule has 10 heteroatoms. The lowest BCUT2D eigenvalue weighted by atomic mass is 9.97. The lowest BCUT2D eigenvalue weighted by molar-refractivity contribution is -0.221. The first kappa shape index (κ1) is 13.9. The summed E-state index contributed by atoms with van der Waals surface area (Å²) >= 11 is 0. The maximum absolute atomic E-state index is 10.2. The molecule has 2 fully saturated rings.